The van der Waals surface area contributed by atoms with Crippen molar-refractivity contribution in [3.63, 3.8) is 0 Å². The first kappa shape index (κ1) is 18.4. The molecule has 0 amide bonds. The highest BCUT2D eigenvalue weighted by Gasteiger charge is 2.37. The van der Waals surface area contributed by atoms with Crippen molar-refractivity contribution in [2.75, 3.05) is 5.32 Å². The number of carboxylic acid groups (broad SMARTS) is 1. The van der Waals surface area contributed by atoms with E-state index < -0.39 is 11.8 Å². The van der Waals surface area contributed by atoms with Gasteiger partial charge in [-0.1, -0.05) is 33.8 Å². The fraction of sp³-hybridized carbons (Fsp3) is 0.409. The number of carboxylic acids is 1. The third kappa shape index (κ3) is 3.20. The first-order valence-corrected chi connectivity index (χ1v) is 8.97. The molecule has 0 spiro atoms. The van der Waals surface area contributed by atoms with Crippen LogP contribution in [0, 0.1) is 12.7 Å². The van der Waals surface area contributed by atoms with Gasteiger partial charge in [-0.25, -0.2) is 9.18 Å². The molecule has 0 saturated carbocycles. The van der Waals surface area contributed by atoms with Crippen LogP contribution in [-0.2, 0) is 10.8 Å². The van der Waals surface area contributed by atoms with Crippen molar-refractivity contribution < 1.29 is 14.3 Å². The fourth-order valence-electron chi connectivity index (χ4n) is 3.78. The van der Waals surface area contributed by atoms with E-state index in [1.54, 1.807) is 6.07 Å². The van der Waals surface area contributed by atoms with Crippen LogP contribution in [0.1, 0.15) is 67.6 Å². The minimum atomic E-state index is -1.26. The summed E-state index contributed by atoms with van der Waals surface area (Å²) in [5, 5.41) is 12.2. The normalized spacial score (nSPS) is 17.5. The molecule has 0 aliphatic heterocycles. The van der Waals surface area contributed by atoms with Gasteiger partial charge >= 0.3 is 5.97 Å². The first-order valence-electron chi connectivity index (χ1n) is 8.97. The molecule has 0 aromatic heterocycles. The van der Waals surface area contributed by atoms with Crippen LogP contribution in [0.5, 0.6) is 0 Å². The van der Waals surface area contributed by atoms with Crippen LogP contribution in [0.15, 0.2) is 30.3 Å². The van der Waals surface area contributed by atoms with Crippen LogP contribution in [-0.4, -0.2) is 11.1 Å². The van der Waals surface area contributed by atoms with Crippen LogP contribution in [0.25, 0.3) is 0 Å². The number of fused-ring (bicyclic) bond motifs is 1. The minimum absolute atomic E-state index is 0.0907. The van der Waals surface area contributed by atoms with E-state index in [-0.39, 0.29) is 16.4 Å². The van der Waals surface area contributed by atoms with Crippen molar-refractivity contribution >= 4 is 17.3 Å². The Labute approximate surface area is 154 Å². The number of anilines is 2. The molecule has 0 bridgehead atoms. The molecule has 0 radical (unpaired) electrons. The number of aryl methyl sites for hydroxylation is 1. The van der Waals surface area contributed by atoms with Gasteiger partial charge in [0.2, 0.25) is 0 Å². The molecule has 2 aromatic rings. The number of rotatable bonds is 3. The second-order valence-electron chi connectivity index (χ2n) is 8.61. The van der Waals surface area contributed by atoms with Gasteiger partial charge in [0, 0.05) is 11.4 Å². The Morgan fingerprint density at radius 3 is 2.15 bits per heavy atom. The Bertz CT molecular complexity index is 884. The average Bonchev–Trinajstić information content (AvgIpc) is 2.53. The minimum Gasteiger partial charge on any atom is -0.478 e. The van der Waals surface area contributed by atoms with Crippen molar-refractivity contribution in [3.05, 3.63) is 58.4 Å². The molecule has 1 aliphatic rings. The monoisotopic (exact) mass is 355 g/mol. The molecule has 0 fully saturated rings. The second kappa shape index (κ2) is 6.11. The van der Waals surface area contributed by atoms with Crippen LogP contribution in [0.3, 0.4) is 0 Å². The zero-order valence-electron chi connectivity index (χ0n) is 16.0. The van der Waals surface area contributed by atoms with E-state index in [0.717, 1.165) is 24.1 Å². The van der Waals surface area contributed by atoms with E-state index in [9.17, 15) is 9.18 Å². The summed E-state index contributed by atoms with van der Waals surface area (Å²) in [6.45, 7) is 11.1. The van der Waals surface area contributed by atoms with E-state index in [1.807, 2.05) is 6.92 Å². The number of hydrogen-bond acceptors (Lipinski definition) is 2. The number of halogens is 1. The van der Waals surface area contributed by atoms with Crippen LogP contribution < -0.4 is 5.32 Å². The molecule has 138 valence electrons. The van der Waals surface area contributed by atoms with Gasteiger partial charge in [0.1, 0.15) is 5.82 Å². The highest BCUT2D eigenvalue weighted by atomic mass is 19.1. The molecular weight excluding hydrogens is 329 g/mol. The molecule has 4 heteroatoms. The van der Waals surface area contributed by atoms with Gasteiger partial charge < -0.3 is 10.4 Å². The largest absolute Gasteiger partial charge is 0.478 e. The molecule has 3 nitrogen and oxygen atoms in total. The van der Waals surface area contributed by atoms with Crippen molar-refractivity contribution in [2.24, 2.45) is 0 Å². The lowest BCUT2D eigenvalue weighted by atomic mass is 9.63. The summed E-state index contributed by atoms with van der Waals surface area (Å²) in [4.78, 5) is 11.0. The number of benzene rings is 2. The SMILES string of the molecule is Cc1cc2c(cc1Nc1ccc(C(=O)O)c(F)c1)C(C)(C)CCC2(C)C. The van der Waals surface area contributed by atoms with Crippen molar-refractivity contribution in [1.82, 2.24) is 0 Å². The maximum atomic E-state index is 14.0. The molecule has 2 N–H and O–H groups in total. The molecule has 0 heterocycles. The van der Waals surface area contributed by atoms with Gasteiger partial charge in [0.25, 0.3) is 0 Å². The van der Waals surface area contributed by atoms with E-state index in [0.29, 0.717) is 5.69 Å². The Morgan fingerprint density at radius 1 is 1.04 bits per heavy atom. The summed E-state index contributed by atoms with van der Waals surface area (Å²) in [6, 6.07) is 8.54. The van der Waals surface area contributed by atoms with E-state index in [2.05, 4.69) is 45.1 Å². The summed E-state index contributed by atoms with van der Waals surface area (Å²) in [6.07, 6.45) is 2.28. The van der Waals surface area contributed by atoms with Crippen molar-refractivity contribution in [1.29, 1.82) is 0 Å². The predicted octanol–water partition coefficient (Wildman–Crippen LogP) is 5.92. The third-order valence-electron chi connectivity index (χ3n) is 5.68. The van der Waals surface area contributed by atoms with E-state index in [1.165, 1.54) is 23.3 Å². The maximum Gasteiger partial charge on any atom is 0.338 e. The molecule has 3 rings (SSSR count). The van der Waals surface area contributed by atoms with Gasteiger partial charge in [-0.05, 0) is 71.6 Å². The van der Waals surface area contributed by atoms with Crippen molar-refractivity contribution in [3.8, 4) is 0 Å². The van der Waals surface area contributed by atoms with Gasteiger partial charge in [-0.2, -0.15) is 0 Å². The second-order valence-corrected chi connectivity index (χ2v) is 8.61. The summed E-state index contributed by atoms with van der Waals surface area (Å²) in [5.74, 6) is -2.00. The van der Waals surface area contributed by atoms with Gasteiger partial charge in [-0.15, -0.1) is 0 Å². The molecule has 2 aromatic carbocycles. The number of carbonyl (C=O) groups is 1. The molecule has 26 heavy (non-hydrogen) atoms. The zero-order valence-corrected chi connectivity index (χ0v) is 16.0. The third-order valence-corrected chi connectivity index (χ3v) is 5.68. The van der Waals surface area contributed by atoms with Crippen LogP contribution in [0.4, 0.5) is 15.8 Å². The standard InChI is InChI=1S/C22H26FNO2/c1-13-10-16-17(22(4,5)9-8-21(16,2)3)12-19(13)24-14-6-7-15(20(25)26)18(23)11-14/h6-7,10-12,24H,8-9H2,1-5H3,(H,25,26). The topological polar surface area (TPSA) is 49.3 Å². The Kier molecular flexibility index (Phi) is 4.33. The Hall–Kier alpha value is -2.36. The smallest absolute Gasteiger partial charge is 0.338 e. The Balaban J connectivity index is 2.02. The van der Waals surface area contributed by atoms with Crippen LogP contribution in [0.2, 0.25) is 0 Å². The number of hydrogen-bond donors (Lipinski definition) is 2. The molecule has 0 saturated heterocycles. The summed E-state index contributed by atoms with van der Waals surface area (Å²) in [7, 11) is 0. The fourth-order valence-corrected chi connectivity index (χ4v) is 3.78. The maximum absolute atomic E-state index is 14.0. The van der Waals surface area contributed by atoms with Gasteiger partial charge in [0.15, 0.2) is 0 Å². The zero-order chi connectivity index (χ0) is 19.3. The molecule has 0 atom stereocenters. The lowest BCUT2D eigenvalue weighted by Gasteiger charge is -2.42. The van der Waals surface area contributed by atoms with E-state index in [4.69, 9.17) is 5.11 Å². The molecule has 1 aliphatic carbocycles. The predicted molar refractivity (Wildman–Crippen MR) is 103 cm³/mol. The van der Waals surface area contributed by atoms with Gasteiger partial charge in [0.05, 0.1) is 5.56 Å². The highest BCUT2D eigenvalue weighted by Crippen LogP contribution is 2.47. The summed E-state index contributed by atoms with van der Waals surface area (Å²) >= 11 is 0. The summed E-state index contributed by atoms with van der Waals surface area (Å²) in [5.41, 5.74) is 5.18. The average molecular weight is 355 g/mol. The van der Waals surface area contributed by atoms with E-state index >= 15 is 0 Å². The Morgan fingerprint density at radius 2 is 1.62 bits per heavy atom. The van der Waals surface area contributed by atoms with Crippen molar-refractivity contribution in [2.45, 2.75) is 58.3 Å². The number of aromatic carboxylic acids is 1. The number of nitrogens with one attached hydrogen (secondary N) is 1. The molecular formula is C22H26FNO2. The highest BCUT2D eigenvalue weighted by molar-refractivity contribution is 5.88. The lowest BCUT2D eigenvalue weighted by Crippen LogP contribution is -2.34. The lowest BCUT2D eigenvalue weighted by molar-refractivity contribution is 0.0692. The quantitative estimate of drug-likeness (QED) is 0.718. The van der Waals surface area contributed by atoms with Gasteiger partial charge in [-0.3, -0.25) is 0 Å². The summed E-state index contributed by atoms with van der Waals surface area (Å²) < 4.78 is 14.0. The van der Waals surface area contributed by atoms with Crippen LogP contribution >= 0.6 is 0 Å². The molecule has 0 unspecified atom stereocenters. The first-order chi connectivity index (χ1) is 12.0.